The quantitative estimate of drug-likeness (QED) is 0.834. The zero-order valence-corrected chi connectivity index (χ0v) is 15.7. The summed E-state index contributed by atoms with van der Waals surface area (Å²) in [4.78, 5) is 12.0. The Balaban J connectivity index is 1.54. The Morgan fingerprint density at radius 3 is 2.69 bits per heavy atom. The molecular weight excluding hydrogens is 330 g/mol. The van der Waals surface area contributed by atoms with Gasteiger partial charge in [-0.15, -0.1) is 10.2 Å². The van der Waals surface area contributed by atoms with Crippen molar-refractivity contribution in [3.63, 3.8) is 0 Å². The maximum absolute atomic E-state index is 5.90. The normalized spacial score (nSPS) is 27.8. The van der Waals surface area contributed by atoms with Crippen molar-refractivity contribution in [1.82, 2.24) is 20.2 Å². The Kier molecular flexibility index (Phi) is 3.49. The second-order valence-corrected chi connectivity index (χ2v) is 8.05. The molecule has 7 nitrogen and oxygen atoms in total. The molecule has 0 spiro atoms. The summed E-state index contributed by atoms with van der Waals surface area (Å²) in [5.74, 6) is 5.19. The van der Waals surface area contributed by atoms with Gasteiger partial charge in [0.25, 0.3) is 0 Å². The molecule has 7 heteroatoms. The first-order valence-corrected chi connectivity index (χ1v) is 9.59. The molecule has 2 saturated carbocycles. The van der Waals surface area contributed by atoms with Crippen LogP contribution in [0.5, 0.6) is 5.75 Å². The molecule has 0 unspecified atom stereocenters. The van der Waals surface area contributed by atoms with Gasteiger partial charge in [-0.05, 0) is 38.5 Å². The van der Waals surface area contributed by atoms with E-state index in [2.05, 4.69) is 20.1 Å². The molecule has 0 N–H and O–H groups in total. The molecule has 0 aromatic carbocycles. The molecule has 0 amide bonds. The number of hydrogen-bond acceptors (Lipinski definition) is 7. The molecule has 2 aliphatic carbocycles. The third kappa shape index (κ3) is 2.32. The summed E-state index contributed by atoms with van der Waals surface area (Å²) in [6, 6.07) is 0. The van der Waals surface area contributed by atoms with E-state index in [9.17, 15) is 0 Å². The first-order valence-electron chi connectivity index (χ1n) is 9.59. The fourth-order valence-electron chi connectivity index (χ4n) is 4.84. The summed E-state index contributed by atoms with van der Waals surface area (Å²) in [7, 11) is 1.71. The van der Waals surface area contributed by atoms with E-state index >= 15 is 0 Å². The minimum Gasteiger partial charge on any atom is -0.491 e. The summed E-state index contributed by atoms with van der Waals surface area (Å²) >= 11 is 0. The fourth-order valence-corrected chi connectivity index (χ4v) is 4.84. The number of aryl methyl sites for hydroxylation is 2. The van der Waals surface area contributed by atoms with Crippen LogP contribution in [0.15, 0.2) is 4.42 Å². The molecule has 2 aromatic rings. The van der Waals surface area contributed by atoms with Crippen LogP contribution in [0, 0.1) is 19.8 Å². The summed E-state index contributed by atoms with van der Waals surface area (Å²) in [5.41, 5.74) is 0.879. The smallest absolute Gasteiger partial charge is 0.224 e. The summed E-state index contributed by atoms with van der Waals surface area (Å²) in [6.45, 7) is 5.70. The average Bonchev–Trinajstić information content (AvgIpc) is 3.08. The van der Waals surface area contributed by atoms with Crippen LogP contribution in [0.3, 0.4) is 0 Å². The molecule has 0 radical (unpaired) electrons. The summed E-state index contributed by atoms with van der Waals surface area (Å²) in [5, 5.41) is 8.49. The van der Waals surface area contributed by atoms with Crippen molar-refractivity contribution in [2.45, 2.75) is 57.3 Å². The fraction of sp³-hybridized carbons (Fsp3) is 0.684. The first-order chi connectivity index (χ1) is 12.6. The molecule has 3 fully saturated rings. The maximum Gasteiger partial charge on any atom is 0.224 e. The van der Waals surface area contributed by atoms with Crippen LogP contribution in [0.2, 0.25) is 0 Å². The number of methoxy groups -OCH3 is 1. The van der Waals surface area contributed by atoms with Gasteiger partial charge in [-0.3, -0.25) is 0 Å². The average molecular weight is 355 g/mol. The van der Waals surface area contributed by atoms with Crippen molar-refractivity contribution in [2.75, 3.05) is 25.1 Å². The highest BCUT2D eigenvalue weighted by Gasteiger charge is 2.54. The van der Waals surface area contributed by atoms with Gasteiger partial charge in [-0.2, -0.15) is 0 Å². The molecule has 2 atom stereocenters. The third-order valence-corrected chi connectivity index (χ3v) is 6.30. The number of anilines is 1. The molecule has 0 bridgehead atoms. The number of hydrogen-bond donors (Lipinski definition) is 0. The maximum atomic E-state index is 5.90. The lowest BCUT2D eigenvalue weighted by Crippen LogP contribution is -2.33. The van der Waals surface area contributed by atoms with Crippen molar-refractivity contribution in [3.05, 3.63) is 23.3 Å². The van der Waals surface area contributed by atoms with Crippen LogP contribution in [0.25, 0.3) is 0 Å². The minimum atomic E-state index is -0.0507. The molecule has 1 aliphatic heterocycles. The van der Waals surface area contributed by atoms with Crippen molar-refractivity contribution in [3.8, 4) is 5.75 Å². The molecule has 3 heterocycles. The van der Waals surface area contributed by atoms with Crippen LogP contribution in [0.1, 0.15) is 61.3 Å². The zero-order valence-electron chi connectivity index (χ0n) is 15.7. The number of nitrogens with zero attached hydrogens (tertiary/aromatic N) is 5. The largest absolute Gasteiger partial charge is 0.491 e. The molecule has 3 aliphatic rings. The first kappa shape index (κ1) is 16.0. The summed E-state index contributed by atoms with van der Waals surface area (Å²) < 4.78 is 11.6. The van der Waals surface area contributed by atoms with Gasteiger partial charge in [0, 0.05) is 25.9 Å². The molecule has 2 aromatic heterocycles. The van der Waals surface area contributed by atoms with Crippen molar-refractivity contribution in [1.29, 1.82) is 0 Å². The van der Waals surface area contributed by atoms with Gasteiger partial charge in [0.15, 0.2) is 11.6 Å². The van der Waals surface area contributed by atoms with Gasteiger partial charge in [0.2, 0.25) is 11.8 Å². The Labute approximate surface area is 153 Å². The van der Waals surface area contributed by atoms with Gasteiger partial charge in [0.05, 0.1) is 18.2 Å². The SMILES string of the molecule is COc1c(C)nc(C2CC2)nc1N1C[C@@H]2CCC[C@]2(c2nnc(C)o2)C1. The highest BCUT2D eigenvalue weighted by Crippen LogP contribution is 2.52. The summed E-state index contributed by atoms with van der Waals surface area (Å²) in [6.07, 6.45) is 5.89. The van der Waals surface area contributed by atoms with Crippen LogP contribution >= 0.6 is 0 Å². The van der Waals surface area contributed by atoms with Crippen molar-refractivity contribution in [2.24, 2.45) is 5.92 Å². The van der Waals surface area contributed by atoms with Gasteiger partial charge in [0.1, 0.15) is 5.82 Å². The monoisotopic (exact) mass is 355 g/mol. The lowest BCUT2D eigenvalue weighted by Gasteiger charge is -2.26. The van der Waals surface area contributed by atoms with Crippen molar-refractivity contribution < 1.29 is 9.15 Å². The van der Waals surface area contributed by atoms with E-state index in [-0.39, 0.29) is 5.41 Å². The second kappa shape index (κ2) is 5.66. The number of ether oxygens (including phenoxy) is 1. The third-order valence-electron chi connectivity index (χ3n) is 6.30. The van der Waals surface area contributed by atoms with E-state index < -0.39 is 0 Å². The zero-order chi connectivity index (χ0) is 17.9. The highest BCUT2D eigenvalue weighted by atomic mass is 16.5. The Morgan fingerprint density at radius 2 is 2.00 bits per heavy atom. The lowest BCUT2D eigenvalue weighted by atomic mass is 9.80. The van der Waals surface area contributed by atoms with E-state index in [4.69, 9.17) is 14.1 Å². The van der Waals surface area contributed by atoms with E-state index in [1.807, 2.05) is 13.8 Å². The molecule has 1 saturated heterocycles. The Bertz CT molecular complexity index is 846. The van der Waals surface area contributed by atoms with E-state index in [1.165, 1.54) is 25.7 Å². The highest BCUT2D eigenvalue weighted by molar-refractivity contribution is 5.57. The van der Waals surface area contributed by atoms with E-state index in [0.29, 0.717) is 17.7 Å². The Morgan fingerprint density at radius 1 is 1.15 bits per heavy atom. The van der Waals surface area contributed by atoms with E-state index in [1.54, 1.807) is 7.11 Å². The minimum absolute atomic E-state index is 0.0507. The topological polar surface area (TPSA) is 77.2 Å². The van der Waals surface area contributed by atoms with Crippen LogP contribution in [0.4, 0.5) is 5.82 Å². The van der Waals surface area contributed by atoms with Gasteiger partial charge in [-0.25, -0.2) is 9.97 Å². The predicted molar refractivity (Wildman–Crippen MR) is 95.6 cm³/mol. The lowest BCUT2D eigenvalue weighted by molar-refractivity contribution is 0.299. The standard InChI is InChI=1S/C19H25N5O2/c1-11-15(25-3)17(21-16(20-11)13-6-7-13)24-9-14-5-4-8-19(14,10-24)18-23-22-12(2)26-18/h13-14H,4-10H2,1-3H3/t14-,19-/m0/s1. The Hall–Kier alpha value is -2.18. The predicted octanol–water partition coefficient (Wildman–Crippen LogP) is 2.92. The van der Waals surface area contributed by atoms with Crippen LogP contribution < -0.4 is 9.64 Å². The van der Waals surface area contributed by atoms with Gasteiger partial charge < -0.3 is 14.1 Å². The van der Waals surface area contributed by atoms with Crippen LogP contribution in [-0.4, -0.2) is 40.4 Å². The molecule has 138 valence electrons. The van der Waals surface area contributed by atoms with E-state index in [0.717, 1.165) is 48.5 Å². The number of fused-ring (bicyclic) bond motifs is 1. The second-order valence-electron chi connectivity index (χ2n) is 8.05. The molecule has 5 rings (SSSR count). The van der Waals surface area contributed by atoms with Gasteiger partial charge >= 0.3 is 0 Å². The number of rotatable bonds is 4. The molecular formula is C19H25N5O2. The van der Waals surface area contributed by atoms with Gasteiger partial charge in [-0.1, -0.05) is 6.42 Å². The van der Waals surface area contributed by atoms with Crippen molar-refractivity contribution >= 4 is 5.82 Å². The molecule has 26 heavy (non-hydrogen) atoms. The van der Waals surface area contributed by atoms with Crippen LogP contribution in [-0.2, 0) is 5.41 Å². The number of aromatic nitrogens is 4.